The van der Waals surface area contributed by atoms with E-state index < -0.39 is 0 Å². The number of ketones is 1. The maximum absolute atomic E-state index is 13.4. The Kier molecular flexibility index (Phi) is 4.89. The van der Waals surface area contributed by atoms with Gasteiger partial charge in [-0.3, -0.25) is 14.5 Å². The van der Waals surface area contributed by atoms with Crippen LogP contribution in [-0.2, 0) is 22.4 Å². The summed E-state index contributed by atoms with van der Waals surface area (Å²) in [5.74, 6) is 0.0495. The average molecular weight is 423 g/mol. The summed E-state index contributed by atoms with van der Waals surface area (Å²) in [6.45, 7) is 0. The fourth-order valence-corrected chi connectivity index (χ4v) is 7.18. The van der Waals surface area contributed by atoms with Gasteiger partial charge >= 0.3 is 0 Å². The first-order valence-electron chi connectivity index (χ1n) is 10.4. The van der Waals surface area contributed by atoms with Crippen LogP contribution >= 0.6 is 22.7 Å². The molecule has 1 atom stereocenters. The summed E-state index contributed by atoms with van der Waals surface area (Å²) in [5, 5.41) is 12.7. The highest BCUT2D eigenvalue weighted by molar-refractivity contribution is 7.16. The van der Waals surface area contributed by atoms with Gasteiger partial charge < -0.3 is 0 Å². The smallest absolute Gasteiger partial charge is 0.232 e. The molecule has 2 aromatic rings. The molecule has 1 amide bonds. The zero-order valence-electron chi connectivity index (χ0n) is 16.2. The number of nitriles is 1. The van der Waals surface area contributed by atoms with Crippen molar-refractivity contribution in [1.82, 2.24) is 0 Å². The summed E-state index contributed by atoms with van der Waals surface area (Å²) in [4.78, 5) is 30.5. The number of nitrogens with zero attached hydrogens (tertiary/aromatic N) is 2. The van der Waals surface area contributed by atoms with E-state index in [1.807, 2.05) is 17.5 Å². The molecule has 0 unspecified atom stereocenters. The highest BCUT2D eigenvalue weighted by Crippen LogP contribution is 2.48. The maximum Gasteiger partial charge on any atom is 0.232 e. The van der Waals surface area contributed by atoms with Crippen LogP contribution < -0.4 is 4.90 Å². The predicted octanol–water partition coefficient (Wildman–Crippen LogP) is 5.48. The third kappa shape index (κ3) is 3.08. The maximum atomic E-state index is 13.4. The lowest BCUT2D eigenvalue weighted by Crippen LogP contribution is -2.40. The fourth-order valence-electron chi connectivity index (χ4n) is 4.96. The third-order valence-corrected chi connectivity index (χ3v) is 8.54. The van der Waals surface area contributed by atoms with Crippen LogP contribution in [0.4, 0.5) is 5.00 Å². The van der Waals surface area contributed by atoms with Crippen LogP contribution in [0.1, 0.15) is 71.7 Å². The summed E-state index contributed by atoms with van der Waals surface area (Å²) >= 11 is 3.22. The molecule has 0 N–H and O–H groups in total. The number of aryl methyl sites for hydroxylation is 1. The molecule has 0 saturated heterocycles. The van der Waals surface area contributed by atoms with Gasteiger partial charge in [0, 0.05) is 39.8 Å². The van der Waals surface area contributed by atoms with Crippen LogP contribution in [0.2, 0.25) is 0 Å². The van der Waals surface area contributed by atoms with Crippen molar-refractivity contribution in [2.45, 2.75) is 63.7 Å². The first kappa shape index (κ1) is 18.8. The average Bonchev–Trinajstić information content (AvgIpc) is 3.30. The summed E-state index contributed by atoms with van der Waals surface area (Å²) in [7, 11) is 0. The minimum absolute atomic E-state index is 0.0183. The number of carbonyl (C=O) groups excluding carboxylic acids is 2. The number of hydrogen-bond donors (Lipinski definition) is 0. The molecule has 5 rings (SSSR count). The van der Waals surface area contributed by atoms with Crippen molar-refractivity contribution in [3.63, 3.8) is 0 Å². The minimum Gasteiger partial charge on any atom is -0.294 e. The molecule has 2 aliphatic carbocycles. The van der Waals surface area contributed by atoms with Crippen LogP contribution in [0.25, 0.3) is 0 Å². The molecule has 6 heteroatoms. The van der Waals surface area contributed by atoms with Gasteiger partial charge in [-0.05, 0) is 55.5 Å². The lowest BCUT2D eigenvalue weighted by Gasteiger charge is -2.37. The number of fused-ring (bicyclic) bond motifs is 1. The normalized spacial score (nSPS) is 22.2. The fraction of sp³-hybridized carbons (Fsp3) is 0.435. The summed E-state index contributed by atoms with van der Waals surface area (Å²) in [5.41, 5.74) is 3.47. The van der Waals surface area contributed by atoms with Crippen molar-refractivity contribution in [3.05, 3.63) is 49.7 Å². The number of Topliss-reactive ketones (excluding diaryl/α,β-unsaturated/α-hetero) is 1. The molecule has 0 spiro atoms. The molecule has 29 heavy (non-hydrogen) atoms. The summed E-state index contributed by atoms with van der Waals surface area (Å²) < 4.78 is 0. The van der Waals surface area contributed by atoms with Crippen molar-refractivity contribution in [2.24, 2.45) is 0 Å². The minimum atomic E-state index is -0.134. The number of thiophene rings is 2. The van der Waals surface area contributed by atoms with E-state index in [0.29, 0.717) is 18.4 Å². The molecule has 1 aliphatic heterocycles. The van der Waals surface area contributed by atoms with Crippen LogP contribution in [0.15, 0.2) is 28.8 Å². The van der Waals surface area contributed by atoms with Crippen molar-refractivity contribution in [3.8, 4) is 6.07 Å². The number of allylic oxidation sites excluding steroid dienone is 2. The predicted molar refractivity (Wildman–Crippen MR) is 115 cm³/mol. The molecule has 0 saturated carbocycles. The van der Waals surface area contributed by atoms with Crippen molar-refractivity contribution >= 4 is 39.4 Å². The van der Waals surface area contributed by atoms with Gasteiger partial charge in [-0.25, -0.2) is 0 Å². The molecule has 0 radical (unpaired) electrons. The topological polar surface area (TPSA) is 61.2 Å². The molecule has 0 bridgehead atoms. The van der Waals surface area contributed by atoms with Crippen LogP contribution in [0.5, 0.6) is 0 Å². The molecule has 148 valence electrons. The van der Waals surface area contributed by atoms with E-state index in [2.05, 4.69) is 6.07 Å². The number of anilines is 1. The molecular weight excluding hydrogens is 400 g/mol. The van der Waals surface area contributed by atoms with Gasteiger partial charge in [-0.2, -0.15) is 5.26 Å². The molecular formula is C23H22N2O2S2. The van der Waals surface area contributed by atoms with Gasteiger partial charge in [0.25, 0.3) is 0 Å². The Morgan fingerprint density at radius 1 is 1.07 bits per heavy atom. The Morgan fingerprint density at radius 3 is 2.72 bits per heavy atom. The summed E-state index contributed by atoms with van der Waals surface area (Å²) in [6, 6.07) is 6.41. The van der Waals surface area contributed by atoms with Gasteiger partial charge in [0.2, 0.25) is 5.91 Å². The highest BCUT2D eigenvalue weighted by Gasteiger charge is 2.41. The summed E-state index contributed by atoms with van der Waals surface area (Å²) in [6.07, 6.45) is 7.67. The molecule has 2 aromatic heterocycles. The van der Waals surface area contributed by atoms with E-state index >= 15 is 0 Å². The Hall–Kier alpha value is -2.23. The van der Waals surface area contributed by atoms with E-state index in [0.717, 1.165) is 65.2 Å². The SMILES string of the molecule is N#Cc1c(N2C(=O)C[C@@H](c3cccs3)C3=C2CCCC3=O)sc2c1CCCCC2. The van der Waals surface area contributed by atoms with E-state index in [1.54, 1.807) is 27.6 Å². The second kappa shape index (κ2) is 7.55. The molecule has 4 nitrogen and oxygen atoms in total. The zero-order chi connectivity index (χ0) is 20.0. The second-order valence-electron chi connectivity index (χ2n) is 7.99. The third-order valence-electron chi connectivity index (χ3n) is 6.28. The Labute approximate surface area is 178 Å². The second-order valence-corrected chi connectivity index (χ2v) is 10.1. The Balaban J connectivity index is 1.67. The number of amides is 1. The first-order chi connectivity index (χ1) is 14.2. The van der Waals surface area contributed by atoms with Crippen LogP contribution in [-0.4, -0.2) is 11.7 Å². The van der Waals surface area contributed by atoms with Gasteiger partial charge in [0.15, 0.2) is 5.78 Å². The lowest BCUT2D eigenvalue weighted by molar-refractivity contribution is -0.119. The number of carbonyl (C=O) groups is 2. The lowest BCUT2D eigenvalue weighted by atomic mass is 9.80. The Morgan fingerprint density at radius 2 is 1.93 bits per heavy atom. The van der Waals surface area contributed by atoms with E-state index in [4.69, 9.17) is 0 Å². The van der Waals surface area contributed by atoms with Crippen LogP contribution in [0, 0.1) is 11.3 Å². The molecule has 0 fully saturated rings. The zero-order valence-corrected chi connectivity index (χ0v) is 17.8. The van der Waals surface area contributed by atoms with E-state index in [-0.39, 0.29) is 17.6 Å². The van der Waals surface area contributed by atoms with Gasteiger partial charge in [0.1, 0.15) is 11.1 Å². The Bertz CT molecular complexity index is 1060. The molecule has 3 aliphatic rings. The number of rotatable bonds is 2. The number of hydrogen-bond acceptors (Lipinski definition) is 5. The van der Waals surface area contributed by atoms with Crippen molar-refractivity contribution in [2.75, 3.05) is 4.90 Å². The largest absolute Gasteiger partial charge is 0.294 e. The van der Waals surface area contributed by atoms with Gasteiger partial charge in [0.05, 0.1) is 5.56 Å². The van der Waals surface area contributed by atoms with Crippen LogP contribution in [0.3, 0.4) is 0 Å². The monoisotopic (exact) mass is 422 g/mol. The van der Waals surface area contributed by atoms with E-state index in [1.165, 1.54) is 11.3 Å². The van der Waals surface area contributed by atoms with Gasteiger partial charge in [-0.1, -0.05) is 12.5 Å². The van der Waals surface area contributed by atoms with Crippen molar-refractivity contribution in [1.29, 1.82) is 5.26 Å². The standard InChI is InChI=1S/C23H22N2O2S2/c24-13-16-14-6-2-1-3-9-20(14)29-23(16)25-17-7-4-8-18(26)22(17)15(12-21(25)27)19-10-5-11-28-19/h5,10-11,15H,1-4,6-9,12H2/t15-/m0/s1. The van der Waals surface area contributed by atoms with E-state index in [9.17, 15) is 14.9 Å². The quantitative estimate of drug-likeness (QED) is 0.602. The highest BCUT2D eigenvalue weighted by atomic mass is 32.1. The molecule has 0 aromatic carbocycles. The molecule has 3 heterocycles. The first-order valence-corrected chi connectivity index (χ1v) is 12.1. The van der Waals surface area contributed by atoms with Crippen molar-refractivity contribution < 1.29 is 9.59 Å². The van der Waals surface area contributed by atoms with Gasteiger partial charge in [-0.15, -0.1) is 22.7 Å².